The Morgan fingerprint density at radius 3 is 1.68 bits per heavy atom. The van der Waals surface area contributed by atoms with Gasteiger partial charge in [0.05, 0.1) is 46.3 Å². The number of aromatic nitrogens is 11. The van der Waals surface area contributed by atoms with Crippen molar-refractivity contribution >= 4 is 56.8 Å². The van der Waals surface area contributed by atoms with Crippen LogP contribution in [-0.4, -0.2) is 71.9 Å². The maximum absolute atomic E-state index is 13.0. The van der Waals surface area contributed by atoms with Crippen LogP contribution in [0.4, 0.5) is 13.2 Å². The monoisotopic (exact) mass is 932 g/mol. The van der Waals surface area contributed by atoms with Crippen LogP contribution >= 0.6 is 23.2 Å². The average Bonchev–Trinajstić information content (AvgIpc) is 3.53. The number of hydrogen-bond acceptors (Lipinski definition) is 10. The Bertz CT molecular complexity index is 3260. The molecule has 0 bridgehead atoms. The number of para-hydroxylation sites is 2. The summed E-state index contributed by atoms with van der Waals surface area (Å²) in [6, 6.07) is 31.8. The summed E-state index contributed by atoms with van der Waals surface area (Å²) in [5.74, 6) is -0.356. The van der Waals surface area contributed by atoms with E-state index in [1.165, 1.54) is 9.59 Å². The number of carbonyl (C=O) groups excluding carboxylic acids is 2. The first-order chi connectivity index (χ1) is 31.7. The molecule has 66 heavy (non-hydrogen) atoms. The van der Waals surface area contributed by atoms with E-state index in [1.54, 1.807) is 14.1 Å². The molecule has 1 saturated carbocycles. The van der Waals surface area contributed by atoms with Crippen molar-refractivity contribution in [1.29, 1.82) is 0 Å². The van der Waals surface area contributed by atoms with Crippen LogP contribution in [0.25, 0.3) is 56.2 Å². The normalized spacial score (nSPS) is 13.1. The fourth-order valence-corrected chi connectivity index (χ4v) is 8.19. The van der Waals surface area contributed by atoms with E-state index in [0.717, 1.165) is 56.2 Å². The van der Waals surface area contributed by atoms with Gasteiger partial charge in [-0.05, 0) is 76.9 Å². The van der Waals surface area contributed by atoms with Crippen LogP contribution in [0, 0.1) is 0 Å². The van der Waals surface area contributed by atoms with E-state index in [4.69, 9.17) is 28.9 Å². The first kappa shape index (κ1) is 43.8. The Kier molecular flexibility index (Phi) is 11.6. The fraction of sp³-hybridized carbons (Fsp3) is 0.178. The standard InChI is InChI=1S/C28H22ClF3N8O2.C17H15ClN6/c1-39-37-24(36-38-39)23-22(29)20-4-2-3-5-21(20)40(23)19-8-6-16(7-9-19)13-34-26(42)27(10-11-27)35-25(41)17-12-18(15-33-14-17)28(30,31)32;1-23-21-17(20-22-23)16-15(18)13-4-2-3-5-14(13)24(16)12-8-6-11(10-19)7-9-12/h2-9,12,14-15H,10-11,13H2,1H3,(H,34,42)(H,35,41);2-9H,10,19H2,1H3. The number of tetrazole rings is 2. The van der Waals surface area contributed by atoms with Crippen LogP contribution in [0.1, 0.15) is 39.9 Å². The van der Waals surface area contributed by atoms with Crippen molar-refractivity contribution in [2.45, 2.75) is 37.6 Å². The SMILES string of the molecule is Cn1nnc(-c2c(Cl)c3ccccc3n2-c2ccc(CN)cc2)n1.Cn1nnc(-c2c(Cl)c3ccccc3n2-c2ccc(CNC(=O)C3(NC(=O)c4cncc(C(F)(F)F)c4)CC3)cc2)n1. The average molecular weight is 934 g/mol. The van der Waals surface area contributed by atoms with E-state index in [9.17, 15) is 22.8 Å². The van der Waals surface area contributed by atoms with Crippen molar-refractivity contribution in [3.05, 3.63) is 148 Å². The molecule has 1 aliphatic carbocycles. The number of hydrogen-bond donors (Lipinski definition) is 3. The van der Waals surface area contributed by atoms with Crippen LogP contribution in [0.15, 0.2) is 116 Å². The second-order valence-electron chi connectivity index (χ2n) is 15.5. The molecule has 0 aliphatic heterocycles. The summed E-state index contributed by atoms with van der Waals surface area (Å²) in [7, 11) is 3.40. The summed E-state index contributed by atoms with van der Waals surface area (Å²) in [6.45, 7) is 0.680. The molecule has 2 amide bonds. The van der Waals surface area contributed by atoms with E-state index < -0.39 is 29.1 Å². The zero-order valence-electron chi connectivity index (χ0n) is 35.0. The van der Waals surface area contributed by atoms with Gasteiger partial charge in [-0.3, -0.25) is 14.6 Å². The van der Waals surface area contributed by atoms with E-state index in [-0.39, 0.29) is 12.1 Å². The third-order valence-corrected chi connectivity index (χ3v) is 11.8. The quantitative estimate of drug-likeness (QED) is 0.124. The number of aryl methyl sites for hydroxylation is 2. The first-order valence-electron chi connectivity index (χ1n) is 20.3. The Balaban J connectivity index is 0.000000192. The number of nitrogens with one attached hydrogen (secondary N) is 2. The summed E-state index contributed by atoms with van der Waals surface area (Å²) in [5.41, 5.74) is 10.00. The summed E-state index contributed by atoms with van der Waals surface area (Å²) in [4.78, 5) is 31.9. The van der Waals surface area contributed by atoms with E-state index in [2.05, 4.69) is 51.0 Å². The number of halogens is 5. The molecule has 4 aromatic carbocycles. The summed E-state index contributed by atoms with van der Waals surface area (Å²) >= 11 is 13.4. The lowest BCUT2D eigenvalue weighted by atomic mass is 10.1. The highest BCUT2D eigenvalue weighted by Gasteiger charge is 2.51. The molecule has 334 valence electrons. The molecule has 1 fully saturated rings. The highest BCUT2D eigenvalue weighted by molar-refractivity contribution is 6.39. The lowest BCUT2D eigenvalue weighted by Crippen LogP contribution is -2.48. The molecule has 0 atom stereocenters. The number of amides is 2. The molecule has 21 heteroatoms. The van der Waals surface area contributed by atoms with Crippen LogP contribution < -0.4 is 16.4 Å². The van der Waals surface area contributed by atoms with Gasteiger partial charge in [-0.25, -0.2) is 0 Å². The molecule has 10 rings (SSSR count). The molecular formula is C45H37Cl2F3N14O2. The summed E-state index contributed by atoms with van der Waals surface area (Å²) in [5, 5.41) is 33.1. The smallest absolute Gasteiger partial charge is 0.350 e. The predicted octanol–water partition coefficient (Wildman–Crippen LogP) is 7.40. The molecule has 1 aliphatic rings. The van der Waals surface area contributed by atoms with Gasteiger partial charge in [0.1, 0.15) is 16.9 Å². The molecule has 5 aromatic heterocycles. The lowest BCUT2D eigenvalue weighted by Gasteiger charge is -2.18. The first-order valence-corrected chi connectivity index (χ1v) is 21.1. The maximum Gasteiger partial charge on any atom is 0.417 e. The number of nitrogens with two attached hydrogens (primary N) is 1. The summed E-state index contributed by atoms with van der Waals surface area (Å²) < 4.78 is 43.0. The van der Waals surface area contributed by atoms with Crippen LogP contribution in [0.3, 0.4) is 0 Å². The van der Waals surface area contributed by atoms with Gasteiger partial charge in [-0.15, -0.1) is 20.4 Å². The Morgan fingerprint density at radius 1 is 0.727 bits per heavy atom. The zero-order valence-corrected chi connectivity index (χ0v) is 36.5. The van der Waals surface area contributed by atoms with Crippen molar-refractivity contribution in [3.63, 3.8) is 0 Å². The fourth-order valence-electron chi connectivity index (χ4n) is 7.53. The van der Waals surface area contributed by atoms with E-state index >= 15 is 0 Å². The number of benzene rings is 4. The highest BCUT2D eigenvalue weighted by Crippen LogP contribution is 2.40. The third-order valence-electron chi connectivity index (χ3n) is 11.0. The third kappa shape index (κ3) is 8.46. The minimum absolute atomic E-state index is 0.174. The largest absolute Gasteiger partial charge is 0.417 e. The number of nitrogens with zero attached hydrogens (tertiary/aromatic N) is 11. The molecule has 0 spiro atoms. The minimum Gasteiger partial charge on any atom is -0.350 e. The second-order valence-corrected chi connectivity index (χ2v) is 16.2. The maximum atomic E-state index is 13.0. The van der Waals surface area contributed by atoms with Gasteiger partial charge in [0.15, 0.2) is 0 Å². The molecule has 0 saturated heterocycles. The predicted molar refractivity (Wildman–Crippen MR) is 241 cm³/mol. The number of carbonyl (C=O) groups is 2. The van der Waals surface area contributed by atoms with Gasteiger partial charge in [0.25, 0.3) is 5.91 Å². The van der Waals surface area contributed by atoms with Crippen molar-refractivity contribution in [2.75, 3.05) is 0 Å². The molecule has 0 unspecified atom stereocenters. The number of alkyl halides is 3. The second kappa shape index (κ2) is 17.5. The Labute approximate surface area is 383 Å². The molecule has 16 nitrogen and oxygen atoms in total. The van der Waals surface area contributed by atoms with E-state index in [0.29, 0.717) is 59.0 Å². The van der Waals surface area contributed by atoms with Crippen LogP contribution in [0.5, 0.6) is 0 Å². The van der Waals surface area contributed by atoms with Gasteiger partial charge in [0.2, 0.25) is 17.6 Å². The number of fused-ring (bicyclic) bond motifs is 2. The van der Waals surface area contributed by atoms with Crippen molar-refractivity contribution in [2.24, 2.45) is 19.8 Å². The van der Waals surface area contributed by atoms with Crippen LogP contribution in [-0.2, 0) is 38.2 Å². The van der Waals surface area contributed by atoms with Crippen LogP contribution in [0.2, 0.25) is 10.0 Å². The van der Waals surface area contributed by atoms with Gasteiger partial charge >= 0.3 is 6.18 Å². The van der Waals surface area contributed by atoms with Gasteiger partial charge < -0.3 is 25.5 Å². The van der Waals surface area contributed by atoms with Gasteiger partial charge in [-0.1, -0.05) is 83.9 Å². The lowest BCUT2D eigenvalue weighted by molar-refractivity contribution is -0.137. The highest BCUT2D eigenvalue weighted by atomic mass is 35.5. The molecule has 4 N–H and O–H groups in total. The van der Waals surface area contributed by atoms with Crippen molar-refractivity contribution < 1.29 is 22.8 Å². The minimum atomic E-state index is -4.64. The number of pyridine rings is 1. The van der Waals surface area contributed by atoms with E-state index in [1.807, 2.05) is 102 Å². The molecule has 5 heterocycles. The molecule has 0 radical (unpaired) electrons. The van der Waals surface area contributed by atoms with Gasteiger partial charge in [0, 0.05) is 47.6 Å². The molecule has 9 aromatic rings. The Morgan fingerprint density at radius 2 is 1.23 bits per heavy atom. The van der Waals surface area contributed by atoms with Crippen molar-refractivity contribution in [3.8, 4) is 34.4 Å². The van der Waals surface area contributed by atoms with Crippen molar-refractivity contribution in [1.82, 2.24) is 65.2 Å². The zero-order chi connectivity index (χ0) is 46.3. The Hall–Kier alpha value is -7.48. The van der Waals surface area contributed by atoms with Gasteiger partial charge in [-0.2, -0.15) is 22.8 Å². The summed E-state index contributed by atoms with van der Waals surface area (Å²) in [6.07, 6.45) is -2.22. The molecular weight excluding hydrogens is 896 g/mol. The number of rotatable bonds is 10. The topological polar surface area (TPSA) is 194 Å².